The SMILES string of the molecule is Cc1cccc(OCCNC(=O)CCNS(=O)(=O)c2c(C)noc2C)c1. The Balaban J connectivity index is 1.69. The number of rotatable bonds is 9. The van der Waals surface area contributed by atoms with Gasteiger partial charge in [0.25, 0.3) is 0 Å². The summed E-state index contributed by atoms with van der Waals surface area (Å²) in [5.74, 6) is 0.693. The molecule has 0 aliphatic carbocycles. The molecule has 0 saturated carbocycles. The molecule has 0 radical (unpaired) electrons. The maximum atomic E-state index is 12.2. The Labute approximate surface area is 153 Å². The van der Waals surface area contributed by atoms with E-state index in [1.165, 1.54) is 6.92 Å². The van der Waals surface area contributed by atoms with Gasteiger partial charge in [-0.1, -0.05) is 17.3 Å². The van der Waals surface area contributed by atoms with Gasteiger partial charge < -0.3 is 14.6 Å². The second kappa shape index (κ2) is 8.81. The van der Waals surface area contributed by atoms with Gasteiger partial charge in [-0.2, -0.15) is 0 Å². The fourth-order valence-electron chi connectivity index (χ4n) is 2.38. The third-order valence-corrected chi connectivity index (χ3v) is 5.27. The summed E-state index contributed by atoms with van der Waals surface area (Å²) in [5.41, 5.74) is 1.38. The number of carbonyl (C=O) groups excluding carboxylic acids is 1. The van der Waals surface area contributed by atoms with Gasteiger partial charge in [0.15, 0.2) is 5.76 Å². The van der Waals surface area contributed by atoms with Crippen LogP contribution in [-0.2, 0) is 14.8 Å². The lowest BCUT2D eigenvalue weighted by Crippen LogP contribution is -2.33. The Morgan fingerprint density at radius 1 is 1.23 bits per heavy atom. The number of hydrogen-bond donors (Lipinski definition) is 2. The molecule has 0 atom stereocenters. The molecule has 1 aromatic carbocycles. The molecule has 8 nitrogen and oxygen atoms in total. The Kier molecular flexibility index (Phi) is 6.76. The van der Waals surface area contributed by atoms with E-state index in [9.17, 15) is 13.2 Å². The van der Waals surface area contributed by atoms with Gasteiger partial charge in [-0.25, -0.2) is 13.1 Å². The molecule has 9 heteroatoms. The maximum absolute atomic E-state index is 12.2. The minimum Gasteiger partial charge on any atom is -0.492 e. The van der Waals surface area contributed by atoms with Gasteiger partial charge in [-0.3, -0.25) is 4.79 Å². The van der Waals surface area contributed by atoms with E-state index < -0.39 is 10.0 Å². The number of ether oxygens (including phenoxy) is 1. The van der Waals surface area contributed by atoms with E-state index in [0.29, 0.717) is 13.2 Å². The summed E-state index contributed by atoms with van der Waals surface area (Å²) >= 11 is 0. The van der Waals surface area contributed by atoms with Crippen LogP contribution in [0.4, 0.5) is 0 Å². The average Bonchev–Trinajstić information content (AvgIpc) is 2.91. The monoisotopic (exact) mass is 381 g/mol. The summed E-state index contributed by atoms with van der Waals surface area (Å²) in [6, 6.07) is 7.62. The number of carbonyl (C=O) groups is 1. The number of hydrogen-bond acceptors (Lipinski definition) is 6. The molecule has 26 heavy (non-hydrogen) atoms. The Bertz CT molecular complexity index is 842. The summed E-state index contributed by atoms with van der Waals surface area (Å²) in [6.07, 6.45) is 0.0209. The molecule has 1 heterocycles. The predicted molar refractivity (Wildman–Crippen MR) is 95.5 cm³/mol. The third-order valence-electron chi connectivity index (χ3n) is 3.56. The first-order valence-electron chi connectivity index (χ1n) is 8.18. The molecular formula is C17H23N3O5S. The van der Waals surface area contributed by atoms with E-state index in [0.717, 1.165) is 11.3 Å². The van der Waals surface area contributed by atoms with Crippen LogP contribution in [0.1, 0.15) is 23.4 Å². The first kappa shape index (κ1) is 19.9. The highest BCUT2D eigenvalue weighted by Crippen LogP contribution is 2.18. The second-order valence-corrected chi connectivity index (χ2v) is 7.52. The summed E-state index contributed by atoms with van der Waals surface area (Å²) in [4.78, 5) is 11.8. The van der Waals surface area contributed by atoms with Crippen molar-refractivity contribution in [1.29, 1.82) is 0 Å². The molecule has 2 rings (SSSR count). The van der Waals surface area contributed by atoms with Crippen molar-refractivity contribution in [2.75, 3.05) is 19.7 Å². The smallest absolute Gasteiger partial charge is 0.245 e. The van der Waals surface area contributed by atoms with Crippen molar-refractivity contribution in [3.8, 4) is 5.75 Å². The summed E-state index contributed by atoms with van der Waals surface area (Å²) in [5, 5.41) is 6.30. The van der Waals surface area contributed by atoms with E-state index in [4.69, 9.17) is 9.26 Å². The zero-order chi connectivity index (χ0) is 19.2. The molecule has 0 saturated heterocycles. The van der Waals surface area contributed by atoms with E-state index in [1.54, 1.807) is 6.92 Å². The molecule has 0 aliphatic rings. The van der Waals surface area contributed by atoms with Crippen LogP contribution >= 0.6 is 0 Å². The molecule has 1 aromatic heterocycles. The number of sulfonamides is 1. The fraction of sp³-hybridized carbons (Fsp3) is 0.412. The van der Waals surface area contributed by atoms with Crippen LogP contribution in [0.15, 0.2) is 33.7 Å². The molecule has 142 valence electrons. The van der Waals surface area contributed by atoms with Crippen LogP contribution in [0.2, 0.25) is 0 Å². The summed E-state index contributed by atoms with van der Waals surface area (Å²) in [6.45, 7) is 5.69. The lowest BCUT2D eigenvalue weighted by Gasteiger charge is -2.09. The molecule has 1 amide bonds. The standard InChI is InChI=1S/C17H23N3O5S/c1-12-5-4-6-15(11-12)24-10-9-18-16(21)7-8-19-26(22,23)17-13(2)20-25-14(17)3/h4-6,11,19H,7-10H2,1-3H3,(H,18,21). The summed E-state index contributed by atoms with van der Waals surface area (Å²) < 4.78 is 37.2. The first-order chi connectivity index (χ1) is 12.3. The molecule has 2 N–H and O–H groups in total. The van der Waals surface area contributed by atoms with E-state index in [-0.39, 0.29) is 35.2 Å². The van der Waals surface area contributed by atoms with Crippen molar-refractivity contribution in [2.45, 2.75) is 32.1 Å². The van der Waals surface area contributed by atoms with Gasteiger partial charge in [0.1, 0.15) is 22.9 Å². The van der Waals surface area contributed by atoms with Crippen molar-refractivity contribution in [2.24, 2.45) is 0 Å². The fourth-order valence-corrected chi connectivity index (χ4v) is 3.74. The van der Waals surface area contributed by atoms with Crippen molar-refractivity contribution in [3.05, 3.63) is 41.3 Å². The molecule has 0 fully saturated rings. The molecule has 2 aromatic rings. The quantitative estimate of drug-likeness (QED) is 0.636. The minimum absolute atomic E-state index is 0.0169. The summed E-state index contributed by atoms with van der Waals surface area (Å²) in [7, 11) is -3.75. The number of amides is 1. The van der Waals surface area contributed by atoms with Gasteiger partial charge in [0.2, 0.25) is 15.9 Å². The third kappa shape index (κ3) is 5.57. The van der Waals surface area contributed by atoms with Gasteiger partial charge in [-0.15, -0.1) is 0 Å². The zero-order valence-electron chi connectivity index (χ0n) is 15.0. The largest absolute Gasteiger partial charge is 0.492 e. The highest BCUT2D eigenvalue weighted by atomic mass is 32.2. The average molecular weight is 381 g/mol. The topological polar surface area (TPSA) is 111 Å². The molecule has 0 aliphatic heterocycles. The van der Waals surface area contributed by atoms with Crippen LogP contribution in [0, 0.1) is 20.8 Å². The van der Waals surface area contributed by atoms with E-state index >= 15 is 0 Å². The van der Waals surface area contributed by atoms with E-state index in [2.05, 4.69) is 15.2 Å². The van der Waals surface area contributed by atoms with Crippen molar-refractivity contribution in [3.63, 3.8) is 0 Å². The second-order valence-electron chi connectivity index (χ2n) is 5.82. The van der Waals surface area contributed by atoms with Crippen LogP contribution in [-0.4, -0.2) is 39.2 Å². The van der Waals surface area contributed by atoms with Crippen molar-refractivity contribution >= 4 is 15.9 Å². The number of nitrogens with zero attached hydrogens (tertiary/aromatic N) is 1. The lowest BCUT2D eigenvalue weighted by atomic mass is 10.2. The Morgan fingerprint density at radius 3 is 2.65 bits per heavy atom. The number of nitrogens with one attached hydrogen (secondary N) is 2. The van der Waals surface area contributed by atoms with Gasteiger partial charge in [0.05, 0.1) is 6.54 Å². The van der Waals surface area contributed by atoms with E-state index in [1.807, 2.05) is 31.2 Å². The van der Waals surface area contributed by atoms with Gasteiger partial charge in [0, 0.05) is 13.0 Å². The van der Waals surface area contributed by atoms with Crippen LogP contribution in [0.3, 0.4) is 0 Å². The van der Waals surface area contributed by atoms with Crippen LogP contribution < -0.4 is 14.8 Å². The highest BCUT2D eigenvalue weighted by Gasteiger charge is 2.23. The molecule has 0 unspecified atom stereocenters. The predicted octanol–water partition coefficient (Wildman–Crippen LogP) is 1.46. The van der Waals surface area contributed by atoms with Gasteiger partial charge in [-0.05, 0) is 38.5 Å². The Hall–Kier alpha value is -2.39. The molecule has 0 bridgehead atoms. The number of aryl methyl sites for hydroxylation is 3. The normalized spacial score (nSPS) is 11.3. The van der Waals surface area contributed by atoms with Gasteiger partial charge >= 0.3 is 0 Å². The molecular weight excluding hydrogens is 358 g/mol. The number of aromatic nitrogens is 1. The van der Waals surface area contributed by atoms with Crippen molar-refractivity contribution in [1.82, 2.24) is 15.2 Å². The Morgan fingerprint density at radius 2 is 2.00 bits per heavy atom. The number of benzene rings is 1. The zero-order valence-corrected chi connectivity index (χ0v) is 15.9. The molecule has 0 spiro atoms. The minimum atomic E-state index is -3.75. The van der Waals surface area contributed by atoms with Crippen molar-refractivity contribution < 1.29 is 22.5 Å². The lowest BCUT2D eigenvalue weighted by molar-refractivity contribution is -0.121. The van der Waals surface area contributed by atoms with Crippen LogP contribution in [0.5, 0.6) is 5.75 Å². The van der Waals surface area contributed by atoms with Crippen LogP contribution in [0.25, 0.3) is 0 Å². The highest BCUT2D eigenvalue weighted by molar-refractivity contribution is 7.89. The first-order valence-corrected chi connectivity index (χ1v) is 9.66. The maximum Gasteiger partial charge on any atom is 0.245 e.